The summed E-state index contributed by atoms with van der Waals surface area (Å²) in [5.74, 6) is -1.25. The second kappa shape index (κ2) is 7.58. The molecule has 130 valence electrons. The van der Waals surface area contributed by atoms with Crippen molar-refractivity contribution >= 4 is 44.8 Å². The summed E-state index contributed by atoms with van der Waals surface area (Å²) in [5.41, 5.74) is 0.582. The van der Waals surface area contributed by atoms with Gasteiger partial charge in [-0.2, -0.15) is 0 Å². The van der Waals surface area contributed by atoms with E-state index in [-0.39, 0.29) is 31.0 Å². The number of nitrogens with one attached hydrogen (secondary N) is 1. The molecule has 2 N–H and O–H groups in total. The first kappa shape index (κ1) is 17.3. The average Bonchev–Trinajstić information content (AvgIpc) is 3.23. The maximum atomic E-state index is 12.7. The number of carboxylic acid groups (broad SMARTS) is 1. The lowest BCUT2D eigenvalue weighted by Crippen LogP contribution is -2.33. The van der Waals surface area contributed by atoms with Gasteiger partial charge in [-0.1, -0.05) is 6.07 Å². The van der Waals surface area contributed by atoms with Crippen LogP contribution in [0.25, 0.3) is 20.7 Å². The Morgan fingerprint density at radius 2 is 2.16 bits per heavy atom. The smallest absolute Gasteiger partial charge is 0.303 e. The summed E-state index contributed by atoms with van der Waals surface area (Å²) in [6.07, 6.45) is 1.71. The van der Waals surface area contributed by atoms with Crippen molar-refractivity contribution < 1.29 is 14.7 Å². The van der Waals surface area contributed by atoms with Crippen LogP contribution in [-0.2, 0) is 16.1 Å². The molecule has 0 bridgehead atoms. The van der Waals surface area contributed by atoms with E-state index in [1.807, 2.05) is 22.9 Å². The minimum atomic E-state index is -0.904. The summed E-state index contributed by atoms with van der Waals surface area (Å²) in [5, 5.41) is 15.6. The van der Waals surface area contributed by atoms with Crippen LogP contribution in [0.1, 0.15) is 12.8 Å². The van der Waals surface area contributed by atoms with E-state index in [0.717, 1.165) is 10.4 Å². The molecule has 0 aliphatic carbocycles. The third kappa shape index (κ3) is 3.94. The largest absolute Gasteiger partial charge is 0.481 e. The summed E-state index contributed by atoms with van der Waals surface area (Å²) < 4.78 is 1.28. The van der Waals surface area contributed by atoms with E-state index in [1.54, 1.807) is 11.3 Å². The highest BCUT2D eigenvalue weighted by molar-refractivity contribution is 7.18. The highest BCUT2D eigenvalue weighted by atomic mass is 32.1. The second-order valence-corrected chi connectivity index (χ2v) is 7.14. The lowest BCUT2D eigenvalue weighted by molar-refractivity contribution is -0.137. The molecule has 1 amide bonds. The molecule has 0 aromatic carbocycles. The van der Waals surface area contributed by atoms with Crippen LogP contribution in [0.15, 0.2) is 34.0 Å². The zero-order valence-electron chi connectivity index (χ0n) is 13.1. The first-order valence-corrected chi connectivity index (χ1v) is 9.31. The van der Waals surface area contributed by atoms with Crippen LogP contribution in [0.3, 0.4) is 0 Å². The molecule has 0 saturated heterocycles. The molecule has 9 heteroatoms. The van der Waals surface area contributed by atoms with E-state index < -0.39 is 5.97 Å². The van der Waals surface area contributed by atoms with Gasteiger partial charge in [0, 0.05) is 28.8 Å². The Hall–Kier alpha value is -2.52. The number of aromatic nitrogens is 2. The highest BCUT2D eigenvalue weighted by Gasteiger charge is 2.15. The van der Waals surface area contributed by atoms with Crippen molar-refractivity contribution in [2.75, 3.05) is 6.54 Å². The van der Waals surface area contributed by atoms with E-state index in [1.165, 1.54) is 22.2 Å². The van der Waals surface area contributed by atoms with Gasteiger partial charge >= 0.3 is 5.97 Å². The zero-order chi connectivity index (χ0) is 17.8. The van der Waals surface area contributed by atoms with E-state index in [9.17, 15) is 14.4 Å². The van der Waals surface area contributed by atoms with Crippen molar-refractivity contribution in [3.8, 4) is 10.4 Å². The predicted octanol–water partition coefficient (Wildman–Crippen LogP) is 2.17. The molecule has 3 rings (SSSR count). The number of rotatable bonds is 7. The molecule has 25 heavy (non-hydrogen) atoms. The Balaban J connectivity index is 1.77. The van der Waals surface area contributed by atoms with Gasteiger partial charge in [-0.25, -0.2) is 4.98 Å². The van der Waals surface area contributed by atoms with E-state index in [4.69, 9.17) is 5.11 Å². The number of hydrogen-bond donors (Lipinski definition) is 2. The molecule has 0 fully saturated rings. The molecule has 0 aliphatic rings. The minimum absolute atomic E-state index is 0.00712. The van der Waals surface area contributed by atoms with Crippen LogP contribution in [0, 0.1) is 0 Å². The molecule has 7 nitrogen and oxygen atoms in total. The molecule has 0 spiro atoms. The summed E-state index contributed by atoms with van der Waals surface area (Å²) >= 11 is 2.94. The Bertz CT molecular complexity index is 960. The zero-order valence-corrected chi connectivity index (χ0v) is 14.7. The summed E-state index contributed by atoms with van der Waals surface area (Å²) in [6, 6.07) is 3.86. The minimum Gasteiger partial charge on any atom is -0.481 e. The third-order valence-electron chi connectivity index (χ3n) is 3.55. The Labute approximate surface area is 150 Å². The normalized spacial score (nSPS) is 10.9. The first-order valence-electron chi connectivity index (χ1n) is 7.55. The fourth-order valence-corrected chi connectivity index (χ4v) is 4.09. The molecule has 3 heterocycles. The van der Waals surface area contributed by atoms with Gasteiger partial charge in [0.1, 0.15) is 11.4 Å². The Morgan fingerprint density at radius 3 is 2.88 bits per heavy atom. The topological polar surface area (TPSA) is 101 Å². The standard InChI is InChI=1S/C16H15N3O4S2/c20-12(17-5-1-4-13(21)22)7-19-9-18-15-14(16(19)23)10(8-25-15)11-3-2-6-24-11/h2-3,6,8-9H,1,4-5,7H2,(H,17,20)(H,21,22). The number of fused-ring (bicyclic) bond motifs is 1. The summed E-state index contributed by atoms with van der Waals surface area (Å²) in [7, 11) is 0. The van der Waals surface area contributed by atoms with Crippen molar-refractivity contribution in [1.82, 2.24) is 14.9 Å². The lowest BCUT2D eigenvalue weighted by atomic mass is 10.2. The number of thiophene rings is 2. The van der Waals surface area contributed by atoms with Crippen molar-refractivity contribution in [1.29, 1.82) is 0 Å². The highest BCUT2D eigenvalue weighted by Crippen LogP contribution is 2.33. The van der Waals surface area contributed by atoms with Gasteiger partial charge in [0.05, 0.1) is 11.7 Å². The maximum Gasteiger partial charge on any atom is 0.303 e. The van der Waals surface area contributed by atoms with Gasteiger partial charge in [-0.3, -0.25) is 19.0 Å². The Kier molecular flexibility index (Phi) is 5.25. The van der Waals surface area contributed by atoms with Gasteiger partial charge in [-0.05, 0) is 17.9 Å². The molecular weight excluding hydrogens is 362 g/mol. The molecule has 0 atom stereocenters. The molecular formula is C16H15N3O4S2. The lowest BCUT2D eigenvalue weighted by Gasteiger charge is -2.07. The summed E-state index contributed by atoms with van der Waals surface area (Å²) in [4.78, 5) is 41.0. The molecule has 3 aromatic heterocycles. The number of carbonyl (C=O) groups excluding carboxylic acids is 1. The second-order valence-electron chi connectivity index (χ2n) is 5.33. The van der Waals surface area contributed by atoms with Crippen LogP contribution in [-0.4, -0.2) is 33.1 Å². The monoisotopic (exact) mass is 377 g/mol. The molecule has 0 saturated carbocycles. The third-order valence-corrected chi connectivity index (χ3v) is 5.34. The van der Waals surface area contributed by atoms with Crippen LogP contribution >= 0.6 is 22.7 Å². The number of carboxylic acids is 1. The van der Waals surface area contributed by atoms with Gasteiger partial charge in [-0.15, -0.1) is 22.7 Å². The van der Waals surface area contributed by atoms with E-state index >= 15 is 0 Å². The van der Waals surface area contributed by atoms with Gasteiger partial charge < -0.3 is 10.4 Å². The van der Waals surface area contributed by atoms with Gasteiger partial charge in [0.15, 0.2) is 0 Å². The fourth-order valence-electron chi connectivity index (χ4n) is 2.37. The summed E-state index contributed by atoms with van der Waals surface area (Å²) in [6.45, 7) is 0.114. The number of nitrogens with zero attached hydrogens (tertiary/aromatic N) is 2. The molecule has 0 unspecified atom stereocenters. The van der Waals surface area contributed by atoms with Crippen molar-refractivity contribution in [3.05, 3.63) is 39.6 Å². The van der Waals surface area contributed by atoms with Gasteiger partial charge in [0.25, 0.3) is 5.56 Å². The van der Waals surface area contributed by atoms with E-state index in [0.29, 0.717) is 16.6 Å². The van der Waals surface area contributed by atoms with Crippen LogP contribution < -0.4 is 10.9 Å². The molecule has 0 radical (unpaired) electrons. The number of aliphatic carboxylic acids is 1. The van der Waals surface area contributed by atoms with Crippen LogP contribution in [0.5, 0.6) is 0 Å². The van der Waals surface area contributed by atoms with Crippen molar-refractivity contribution in [2.24, 2.45) is 0 Å². The van der Waals surface area contributed by atoms with E-state index in [2.05, 4.69) is 10.3 Å². The van der Waals surface area contributed by atoms with Crippen molar-refractivity contribution in [3.63, 3.8) is 0 Å². The fraction of sp³-hybridized carbons (Fsp3) is 0.250. The SMILES string of the molecule is O=C(O)CCCNC(=O)Cn1cnc2scc(-c3cccs3)c2c1=O. The number of carbonyl (C=O) groups is 2. The predicted molar refractivity (Wildman–Crippen MR) is 97.1 cm³/mol. The molecule has 3 aromatic rings. The van der Waals surface area contributed by atoms with Crippen molar-refractivity contribution in [2.45, 2.75) is 19.4 Å². The van der Waals surface area contributed by atoms with Gasteiger partial charge in [0.2, 0.25) is 5.91 Å². The maximum absolute atomic E-state index is 12.7. The first-order chi connectivity index (χ1) is 12.1. The molecule has 0 aliphatic heterocycles. The number of hydrogen-bond acceptors (Lipinski definition) is 6. The van der Waals surface area contributed by atoms with Crippen LogP contribution in [0.4, 0.5) is 0 Å². The number of amides is 1. The quantitative estimate of drug-likeness (QED) is 0.615. The average molecular weight is 377 g/mol. The Morgan fingerprint density at radius 1 is 1.32 bits per heavy atom. The van der Waals surface area contributed by atoms with Crippen LogP contribution in [0.2, 0.25) is 0 Å².